The molecule has 0 aliphatic heterocycles. The normalized spacial score (nSPS) is 10.6. The van der Waals surface area contributed by atoms with Gasteiger partial charge in [-0.25, -0.2) is 14.1 Å². The SMILES string of the molecule is Cc1cncn(CCNC(=O)c2ccc(=O)n(Cc3cccc(F)c3)n2)c1=O. The highest BCUT2D eigenvalue weighted by Crippen LogP contribution is 2.04. The molecule has 144 valence electrons. The van der Waals surface area contributed by atoms with E-state index in [1.54, 1.807) is 13.0 Å². The van der Waals surface area contributed by atoms with Crippen molar-refractivity contribution in [2.24, 2.45) is 0 Å². The van der Waals surface area contributed by atoms with Gasteiger partial charge in [0, 0.05) is 30.9 Å². The third kappa shape index (κ3) is 4.56. The van der Waals surface area contributed by atoms with E-state index in [-0.39, 0.29) is 30.9 Å². The predicted octanol–water partition coefficient (Wildman–Crippen LogP) is 0.726. The minimum absolute atomic E-state index is 0.0437. The van der Waals surface area contributed by atoms with E-state index in [1.165, 1.54) is 47.4 Å². The van der Waals surface area contributed by atoms with Crippen LogP contribution in [0.3, 0.4) is 0 Å². The van der Waals surface area contributed by atoms with E-state index < -0.39 is 17.3 Å². The van der Waals surface area contributed by atoms with E-state index in [2.05, 4.69) is 15.4 Å². The van der Waals surface area contributed by atoms with Crippen LogP contribution in [0.5, 0.6) is 0 Å². The van der Waals surface area contributed by atoms with E-state index in [0.29, 0.717) is 11.1 Å². The lowest BCUT2D eigenvalue weighted by atomic mass is 10.2. The van der Waals surface area contributed by atoms with Crippen molar-refractivity contribution in [1.29, 1.82) is 0 Å². The van der Waals surface area contributed by atoms with Gasteiger partial charge in [-0.3, -0.25) is 19.0 Å². The molecule has 1 amide bonds. The van der Waals surface area contributed by atoms with Crippen molar-refractivity contribution in [3.63, 3.8) is 0 Å². The lowest BCUT2D eigenvalue weighted by molar-refractivity contribution is 0.0944. The standard InChI is InChI=1S/C19H18FN5O3/c1-13-10-21-12-24(19(13)28)8-7-22-18(27)16-5-6-17(26)25(23-16)11-14-3-2-4-15(20)9-14/h2-6,9-10,12H,7-8,11H2,1H3,(H,22,27). The van der Waals surface area contributed by atoms with E-state index in [0.717, 1.165) is 4.68 Å². The van der Waals surface area contributed by atoms with Gasteiger partial charge in [0.15, 0.2) is 0 Å². The molecule has 2 aromatic heterocycles. The van der Waals surface area contributed by atoms with Crippen LogP contribution in [-0.2, 0) is 13.1 Å². The number of rotatable bonds is 6. The summed E-state index contributed by atoms with van der Waals surface area (Å²) in [5.41, 5.74) is 0.535. The minimum atomic E-state index is -0.485. The smallest absolute Gasteiger partial charge is 0.271 e. The summed E-state index contributed by atoms with van der Waals surface area (Å²) in [6.45, 7) is 2.15. The largest absolute Gasteiger partial charge is 0.349 e. The number of hydrogen-bond acceptors (Lipinski definition) is 5. The number of carbonyl (C=O) groups is 1. The molecular weight excluding hydrogens is 365 g/mol. The number of halogens is 1. The van der Waals surface area contributed by atoms with Gasteiger partial charge in [-0.05, 0) is 30.7 Å². The maximum atomic E-state index is 13.3. The number of amides is 1. The van der Waals surface area contributed by atoms with Crippen molar-refractivity contribution in [2.75, 3.05) is 6.54 Å². The van der Waals surface area contributed by atoms with E-state index >= 15 is 0 Å². The second kappa shape index (κ2) is 8.38. The van der Waals surface area contributed by atoms with Gasteiger partial charge in [-0.15, -0.1) is 0 Å². The lowest BCUT2D eigenvalue weighted by Crippen LogP contribution is -2.33. The first kappa shape index (κ1) is 19.2. The van der Waals surface area contributed by atoms with Crippen molar-refractivity contribution in [2.45, 2.75) is 20.0 Å². The highest BCUT2D eigenvalue weighted by molar-refractivity contribution is 5.91. The zero-order valence-corrected chi connectivity index (χ0v) is 15.1. The highest BCUT2D eigenvalue weighted by atomic mass is 19.1. The molecule has 1 N–H and O–H groups in total. The summed E-state index contributed by atoms with van der Waals surface area (Å²) in [5, 5.41) is 6.69. The molecule has 28 heavy (non-hydrogen) atoms. The minimum Gasteiger partial charge on any atom is -0.349 e. The van der Waals surface area contributed by atoms with E-state index in [1.807, 2.05) is 0 Å². The van der Waals surface area contributed by atoms with Crippen LogP contribution in [0, 0.1) is 12.7 Å². The average molecular weight is 383 g/mol. The highest BCUT2D eigenvalue weighted by Gasteiger charge is 2.10. The first-order valence-corrected chi connectivity index (χ1v) is 8.56. The fourth-order valence-electron chi connectivity index (χ4n) is 2.59. The quantitative estimate of drug-likeness (QED) is 0.676. The molecule has 0 fully saturated rings. The molecule has 0 spiro atoms. The number of aryl methyl sites for hydroxylation is 1. The van der Waals surface area contributed by atoms with Gasteiger partial charge in [-0.2, -0.15) is 5.10 Å². The van der Waals surface area contributed by atoms with Gasteiger partial charge < -0.3 is 5.32 Å². The number of hydrogen-bond donors (Lipinski definition) is 1. The first-order chi connectivity index (χ1) is 13.4. The Balaban J connectivity index is 1.67. The zero-order chi connectivity index (χ0) is 20.1. The third-order valence-corrected chi connectivity index (χ3v) is 4.03. The molecule has 0 saturated heterocycles. The molecule has 1 aromatic carbocycles. The predicted molar refractivity (Wildman–Crippen MR) is 99.6 cm³/mol. The van der Waals surface area contributed by atoms with Gasteiger partial charge in [0.05, 0.1) is 12.9 Å². The summed E-state index contributed by atoms with van der Waals surface area (Å²) in [7, 11) is 0. The van der Waals surface area contributed by atoms with Crippen molar-refractivity contribution in [1.82, 2.24) is 24.6 Å². The van der Waals surface area contributed by atoms with Crippen LogP contribution in [0.25, 0.3) is 0 Å². The van der Waals surface area contributed by atoms with Crippen LogP contribution in [0.2, 0.25) is 0 Å². The summed E-state index contributed by atoms with van der Waals surface area (Å²) < 4.78 is 15.8. The Bertz CT molecular complexity index is 1120. The van der Waals surface area contributed by atoms with E-state index in [4.69, 9.17) is 0 Å². The average Bonchev–Trinajstić information content (AvgIpc) is 2.67. The maximum Gasteiger partial charge on any atom is 0.271 e. The summed E-state index contributed by atoms with van der Waals surface area (Å²) in [6.07, 6.45) is 2.88. The summed E-state index contributed by atoms with van der Waals surface area (Å²) in [5.74, 6) is -0.901. The molecule has 0 aliphatic carbocycles. The molecule has 3 aromatic rings. The van der Waals surface area contributed by atoms with Gasteiger partial charge in [0.25, 0.3) is 17.0 Å². The number of aromatic nitrogens is 4. The summed E-state index contributed by atoms with van der Waals surface area (Å²) >= 11 is 0. The number of nitrogens with zero attached hydrogens (tertiary/aromatic N) is 4. The Labute approximate surface area is 159 Å². The van der Waals surface area contributed by atoms with Crippen molar-refractivity contribution in [3.8, 4) is 0 Å². The van der Waals surface area contributed by atoms with Gasteiger partial charge in [-0.1, -0.05) is 12.1 Å². The fraction of sp³-hybridized carbons (Fsp3) is 0.211. The number of nitrogens with one attached hydrogen (secondary N) is 1. The van der Waals surface area contributed by atoms with Crippen molar-refractivity contribution in [3.05, 3.63) is 92.3 Å². The first-order valence-electron chi connectivity index (χ1n) is 8.56. The Hall–Kier alpha value is -3.62. The topological polar surface area (TPSA) is 98.9 Å². The molecule has 3 rings (SSSR count). The Kier molecular flexibility index (Phi) is 5.73. The molecule has 0 saturated carbocycles. The van der Waals surface area contributed by atoms with Crippen LogP contribution in [0.15, 0.2) is 58.5 Å². The molecule has 2 heterocycles. The molecule has 0 bridgehead atoms. The Morgan fingerprint density at radius 1 is 1.21 bits per heavy atom. The Morgan fingerprint density at radius 2 is 2.04 bits per heavy atom. The molecule has 0 unspecified atom stereocenters. The lowest BCUT2D eigenvalue weighted by Gasteiger charge is -2.09. The molecule has 8 nitrogen and oxygen atoms in total. The molecule has 0 atom stereocenters. The molecule has 9 heteroatoms. The second-order valence-corrected chi connectivity index (χ2v) is 6.18. The summed E-state index contributed by atoms with van der Waals surface area (Å²) in [4.78, 5) is 40.2. The van der Waals surface area contributed by atoms with Crippen LogP contribution >= 0.6 is 0 Å². The third-order valence-electron chi connectivity index (χ3n) is 4.03. The number of benzene rings is 1. The summed E-state index contributed by atoms with van der Waals surface area (Å²) in [6, 6.07) is 8.36. The van der Waals surface area contributed by atoms with Crippen LogP contribution in [0.1, 0.15) is 21.6 Å². The van der Waals surface area contributed by atoms with Gasteiger partial charge in [0.2, 0.25) is 0 Å². The van der Waals surface area contributed by atoms with Crippen LogP contribution in [0.4, 0.5) is 4.39 Å². The monoisotopic (exact) mass is 383 g/mol. The van der Waals surface area contributed by atoms with Gasteiger partial charge in [0.1, 0.15) is 11.5 Å². The molecule has 0 radical (unpaired) electrons. The molecule has 0 aliphatic rings. The zero-order valence-electron chi connectivity index (χ0n) is 15.1. The van der Waals surface area contributed by atoms with Crippen LogP contribution in [-0.4, -0.2) is 31.8 Å². The second-order valence-electron chi connectivity index (χ2n) is 6.18. The van der Waals surface area contributed by atoms with Crippen molar-refractivity contribution < 1.29 is 9.18 Å². The van der Waals surface area contributed by atoms with Crippen LogP contribution < -0.4 is 16.4 Å². The van der Waals surface area contributed by atoms with E-state index in [9.17, 15) is 18.8 Å². The number of carbonyl (C=O) groups excluding carboxylic acids is 1. The van der Waals surface area contributed by atoms with Gasteiger partial charge >= 0.3 is 0 Å². The Morgan fingerprint density at radius 3 is 2.82 bits per heavy atom. The van der Waals surface area contributed by atoms with Crippen molar-refractivity contribution >= 4 is 5.91 Å². The molecular formula is C19H18FN5O3. The maximum absolute atomic E-state index is 13.3. The fourth-order valence-corrected chi connectivity index (χ4v) is 2.59.